The van der Waals surface area contributed by atoms with Crippen LogP contribution in [0.3, 0.4) is 0 Å². The largest absolute Gasteiger partial charge is 0.381 e. The topological polar surface area (TPSA) is 96.5 Å². The summed E-state index contributed by atoms with van der Waals surface area (Å²) in [7, 11) is 0. The number of nitrogens with one attached hydrogen (secondary N) is 3. The monoisotopic (exact) mass is 345 g/mol. The Kier molecular flexibility index (Phi) is 5.33. The number of imide groups is 1. The van der Waals surface area contributed by atoms with E-state index in [1.165, 1.54) is 5.56 Å². The van der Waals surface area contributed by atoms with Crippen molar-refractivity contribution in [3.63, 3.8) is 0 Å². The van der Waals surface area contributed by atoms with E-state index in [4.69, 9.17) is 4.74 Å². The molecule has 1 aromatic rings. The van der Waals surface area contributed by atoms with E-state index in [9.17, 15) is 14.4 Å². The molecule has 0 aromatic heterocycles. The predicted molar refractivity (Wildman–Crippen MR) is 90.9 cm³/mol. The molecule has 25 heavy (non-hydrogen) atoms. The zero-order valence-corrected chi connectivity index (χ0v) is 14.0. The molecule has 0 spiro atoms. The normalized spacial score (nSPS) is 22.2. The molecule has 0 unspecified atom stereocenters. The molecule has 0 bridgehead atoms. The van der Waals surface area contributed by atoms with Crippen LogP contribution in [0.25, 0.3) is 0 Å². The molecule has 134 valence electrons. The zero-order chi connectivity index (χ0) is 17.7. The van der Waals surface area contributed by atoms with Gasteiger partial charge in [0.1, 0.15) is 6.04 Å². The van der Waals surface area contributed by atoms with Crippen molar-refractivity contribution < 1.29 is 19.1 Å². The number of hydrogen-bond acceptors (Lipinski definition) is 4. The Morgan fingerprint density at radius 3 is 2.56 bits per heavy atom. The summed E-state index contributed by atoms with van der Waals surface area (Å²) in [5.74, 6) is -0.487. The summed E-state index contributed by atoms with van der Waals surface area (Å²) in [6.45, 7) is 1.90. The predicted octanol–water partition coefficient (Wildman–Crippen LogP) is 0.839. The van der Waals surface area contributed by atoms with Crippen LogP contribution in [0, 0.1) is 0 Å². The van der Waals surface area contributed by atoms with E-state index < -0.39 is 12.1 Å². The number of hydrogen-bond donors (Lipinski definition) is 3. The molecule has 0 radical (unpaired) electrons. The van der Waals surface area contributed by atoms with Crippen LogP contribution in [-0.2, 0) is 19.7 Å². The summed E-state index contributed by atoms with van der Waals surface area (Å²) in [6, 6.07) is 9.07. The maximum atomic E-state index is 12.2. The van der Waals surface area contributed by atoms with Gasteiger partial charge in [0.25, 0.3) is 5.91 Å². The second kappa shape index (κ2) is 7.65. The number of benzene rings is 1. The lowest BCUT2D eigenvalue weighted by atomic mass is 9.74. The Labute approximate surface area is 146 Å². The van der Waals surface area contributed by atoms with E-state index in [1.807, 2.05) is 18.2 Å². The molecule has 1 aromatic carbocycles. The van der Waals surface area contributed by atoms with Crippen LogP contribution >= 0.6 is 0 Å². The van der Waals surface area contributed by atoms with Crippen molar-refractivity contribution in [3.8, 4) is 0 Å². The van der Waals surface area contributed by atoms with E-state index in [0.717, 1.165) is 12.8 Å². The van der Waals surface area contributed by atoms with Crippen molar-refractivity contribution in [2.75, 3.05) is 19.8 Å². The van der Waals surface area contributed by atoms with Crippen LogP contribution in [0.4, 0.5) is 4.79 Å². The third kappa shape index (κ3) is 4.17. The lowest BCUT2D eigenvalue weighted by Gasteiger charge is -2.38. The van der Waals surface area contributed by atoms with Gasteiger partial charge in [-0.2, -0.15) is 0 Å². The lowest BCUT2D eigenvalue weighted by molar-refractivity contribution is -0.122. The Hall–Kier alpha value is -2.41. The average molecular weight is 345 g/mol. The number of carbonyl (C=O) groups is 3. The maximum absolute atomic E-state index is 12.2. The van der Waals surface area contributed by atoms with Gasteiger partial charge < -0.3 is 15.4 Å². The van der Waals surface area contributed by atoms with Gasteiger partial charge in [0, 0.05) is 31.6 Å². The molecular weight excluding hydrogens is 322 g/mol. The van der Waals surface area contributed by atoms with E-state index in [1.54, 1.807) is 0 Å². The van der Waals surface area contributed by atoms with E-state index in [2.05, 4.69) is 28.1 Å². The summed E-state index contributed by atoms with van der Waals surface area (Å²) < 4.78 is 5.49. The summed E-state index contributed by atoms with van der Waals surface area (Å²) in [4.78, 5) is 34.8. The van der Waals surface area contributed by atoms with Gasteiger partial charge in [-0.15, -0.1) is 0 Å². The van der Waals surface area contributed by atoms with E-state index in [-0.39, 0.29) is 23.7 Å². The molecule has 2 aliphatic heterocycles. The van der Waals surface area contributed by atoms with Crippen molar-refractivity contribution in [1.29, 1.82) is 0 Å². The lowest BCUT2D eigenvalue weighted by Crippen LogP contribution is -2.44. The van der Waals surface area contributed by atoms with Gasteiger partial charge >= 0.3 is 6.03 Å². The molecule has 3 rings (SSSR count). The molecule has 0 saturated carbocycles. The van der Waals surface area contributed by atoms with Crippen LogP contribution in [0.1, 0.15) is 31.2 Å². The van der Waals surface area contributed by atoms with Crippen LogP contribution in [-0.4, -0.2) is 43.6 Å². The number of urea groups is 1. The summed E-state index contributed by atoms with van der Waals surface area (Å²) in [5.41, 5.74) is 1.09. The molecule has 4 amide bonds. The molecule has 2 heterocycles. The van der Waals surface area contributed by atoms with Crippen molar-refractivity contribution in [3.05, 3.63) is 35.9 Å². The molecule has 0 aliphatic carbocycles. The minimum atomic E-state index is -0.621. The molecule has 2 aliphatic rings. The van der Waals surface area contributed by atoms with Crippen molar-refractivity contribution in [1.82, 2.24) is 16.0 Å². The van der Waals surface area contributed by atoms with Crippen molar-refractivity contribution in [2.45, 2.75) is 37.1 Å². The number of ether oxygens (including phenoxy) is 1. The number of carbonyl (C=O) groups excluding carboxylic acids is 3. The first-order valence-electron chi connectivity index (χ1n) is 8.60. The van der Waals surface area contributed by atoms with E-state index >= 15 is 0 Å². The third-order valence-electron chi connectivity index (χ3n) is 4.98. The SMILES string of the molecule is O=C(CC[C@@H]1NC(=O)NC1=O)NCC1(c2ccccc2)CCOCC1. The highest BCUT2D eigenvalue weighted by atomic mass is 16.5. The Morgan fingerprint density at radius 1 is 1.20 bits per heavy atom. The standard InChI is InChI=1S/C18H23N3O4/c22-15(7-6-14-16(23)21-17(24)20-14)19-12-18(8-10-25-11-9-18)13-4-2-1-3-5-13/h1-5,14H,6-12H2,(H,19,22)(H2,20,21,23,24)/t14-/m0/s1. The van der Waals surface area contributed by atoms with Crippen molar-refractivity contribution >= 4 is 17.8 Å². The molecule has 7 nitrogen and oxygen atoms in total. The maximum Gasteiger partial charge on any atom is 0.322 e. The third-order valence-corrected chi connectivity index (χ3v) is 4.98. The smallest absolute Gasteiger partial charge is 0.322 e. The van der Waals surface area contributed by atoms with Gasteiger partial charge in [-0.25, -0.2) is 4.79 Å². The first-order chi connectivity index (χ1) is 12.1. The van der Waals surface area contributed by atoms with E-state index in [0.29, 0.717) is 26.2 Å². The fourth-order valence-corrected chi connectivity index (χ4v) is 3.42. The van der Waals surface area contributed by atoms with Gasteiger partial charge in [-0.3, -0.25) is 14.9 Å². The average Bonchev–Trinajstić information content (AvgIpc) is 2.97. The fourth-order valence-electron chi connectivity index (χ4n) is 3.42. The Morgan fingerprint density at radius 2 is 1.92 bits per heavy atom. The highest BCUT2D eigenvalue weighted by Gasteiger charge is 2.35. The van der Waals surface area contributed by atoms with Crippen LogP contribution in [0.5, 0.6) is 0 Å². The molecular formula is C18H23N3O4. The van der Waals surface area contributed by atoms with Crippen LogP contribution in [0.2, 0.25) is 0 Å². The second-order valence-corrected chi connectivity index (χ2v) is 6.59. The van der Waals surface area contributed by atoms with Crippen molar-refractivity contribution in [2.24, 2.45) is 0 Å². The van der Waals surface area contributed by atoms with Crippen LogP contribution in [0.15, 0.2) is 30.3 Å². The summed E-state index contributed by atoms with van der Waals surface area (Å²) in [6.07, 6.45) is 2.21. The highest BCUT2D eigenvalue weighted by Crippen LogP contribution is 2.34. The highest BCUT2D eigenvalue weighted by molar-refractivity contribution is 6.04. The van der Waals surface area contributed by atoms with Crippen LogP contribution < -0.4 is 16.0 Å². The quantitative estimate of drug-likeness (QED) is 0.666. The van der Waals surface area contributed by atoms with Gasteiger partial charge in [-0.1, -0.05) is 30.3 Å². The number of amides is 4. The van der Waals surface area contributed by atoms with Gasteiger partial charge in [0.15, 0.2) is 0 Å². The molecule has 1 atom stereocenters. The van der Waals surface area contributed by atoms with Gasteiger partial charge in [0.2, 0.25) is 5.91 Å². The van der Waals surface area contributed by atoms with Gasteiger partial charge in [-0.05, 0) is 24.8 Å². The minimum absolute atomic E-state index is 0.115. The Bertz CT molecular complexity index is 641. The number of rotatable bonds is 6. The second-order valence-electron chi connectivity index (χ2n) is 6.59. The summed E-state index contributed by atoms with van der Waals surface area (Å²) >= 11 is 0. The Balaban J connectivity index is 1.55. The van der Waals surface area contributed by atoms with Gasteiger partial charge in [0.05, 0.1) is 0 Å². The first-order valence-corrected chi connectivity index (χ1v) is 8.60. The molecule has 2 saturated heterocycles. The molecule has 3 N–H and O–H groups in total. The molecule has 7 heteroatoms. The fraction of sp³-hybridized carbons (Fsp3) is 0.500. The molecule has 2 fully saturated rings. The summed E-state index contributed by atoms with van der Waals surface area (Å²) in [5, 5.41) is 7.67. The minimum Gasteiger partial charge on any atom is -0.381 e. The zero-order valence-electron chi connectivity index (χ0n) is 14.0. The first kappa shape index (κ1) is 17.4.